The van der Waals surface area contributed by atoms with Gasteiger partial charge in [-0.25, -0.2) is 19.2 Å². The molecule has 0 aliphatic heterocycles. The number of hydrogen-bond donors (Lipinski definition) is 2. The topological polar surface area (TPSA) is 50.9 Å². The molecule has 0 spiro atoms. The Morgan fingerprint density at radius 2 is 1.83 bits per heavy atom. The lowest BCUT2D eigenvalue weighted by molar-refractivity contribution is 0.510. The van der Waals surface area contributed by atoms with Gasteiger partial charge in [0.15, 0.2) is 0 Å². The Labute approximate surface area is 108 Å². The average Bonchev–Trinajstić information content (AvgIpc) is 2.35. The molecule has 1 atom stereocenters. The summed E-state index contributed by atoms with van der Waals surface area (Å²) in [5.74, 6) is 4.02. The second-order valence-electron chi connectivity index (χ2n) is 3.65. The predicted octanol–water partition coefficient (Wildman–Crippen LogP) is 2.57. The molecule has 0 radical (unpaired) electrons. The van der Waals surface area contributed by atoms with E-state index in [0.717, 1.165) is 0 Å². The van der Waals surface area contributed by atoms with Gasteiger partial charge in [-0.15, -0.1) is 0 Å². The monoisotopic (exact) mass is 269 g/mol. The number of nitrogens with two attached hydrogens (primary N) is 1. The maximum Gasteiger partial charge on any atom is 0.131 e. The molecule has 1 heterocycles. The first kappa shape index (κ1) is 12.9. The third-order valence-corrected chi connectivity index (χ3v) is 2.76. The Morgan fingerprint density at radius 3 is 2.33 bits per heavy atom. The molecule has 0 aliphatic rings. The highest BCUT2D eigenvalue weighted by molar-refractivity contribution is 6.29. The average molecular weight is 270 g/mol. The van der Waals surface area contributed by atoms with Gasteiger partial charge in [-0.05, 0) is 23.8 Å². The van der Waals surface area contributed by atoms with Gasteiger partial charge in [0.2, 0.25) is 0 Å². The first-order valence-electron chi connectivity index (χ1n) is 5.15. The van der Waals surface area contributed by atoms with E-state index in [4.69, 9.17) is 17.4 Å². The molecule has 0 fully saturated rings. The number of nitrogens with one attached hydrogen (secondary N) is 1. The van der Waals surface area contributed by atoms with Crippen molar-refractivity contribution in [3.8, 4) is 0 Å². The van der Waals surface area contributed by atoms with Gasteiger partial charge < -0.3 is 0 Å². The summed E-state index contributed by atoms with van der Waals surface area (Å²) in [5, 5.41) is 0.295. The van der Waals surface area contributed by atoms with Crippen LogP contribution in [0.4, 0.5) is 8.78 Å². The van der Waals surface area contributed by atoms with Crippen molar-refractivity contribution in [2.24, 2.45) is 5.84 Å². The van der Waals surface area contributed by atoms with Gasteiger partial charge in [0, 0.05) is 11.8 Å². The van der Waals surface area contributed by atoms with E-state index in [9.17, 15) is 8.78 Å². The molecule has 0 bridgehead atoms. The molecule has 3 N–H and O–H groups in total. The van der Waals surface area contributed by atoms with E-state index in [1.54, 1.807) is 6.07 Å². The van der Waals surface area contributed by atoms with Crippen molar-refractivity contribution in [3.63, 3.8) is 0 Å². The fourth-order valence-corrected chi connectivity index (χ4v) is 1.80. The molecule has 6 heteroatoms. The molecule has 94 valence electrons. The summed E-state index contributed by atoms with van der Waals surface area (Å²) in [6.45, 7) is 0. The standard InChI is InChI=1S/C12H10ClF2N3/c13-10-5-4-7(6-17-10)12(18-16)11-8(14)2-1-3-9(11)15/h1-6,12,18H,16H2. The van der Waals surface area contributed by atoms with E-state index in [2.05, 4.69) is 10.4 Å². The van der Waals surface area contributed by atoms with Crippen LogP contribution < -0.4 is 11.3 Å². The van der Waals surface area contributed by atoms with E-state index >= 15 is 0 Å². The van der Waals surface area contributed by atoms with Crippen molar-refractivity contribution in [1.82, 2.24) is 10.4 Å². The summed E-state index contributed by atoms with van der Waals surface area (Å²) in [6.07, 6.45) is 1.42. The second kappa shape index (κ2) is 5.39. The fourth-order valence-electron chi connectivity index (χ4n) is 1.69. The van der Waals surface area contributed by atoms with Gasteiger partial charge in [-0.2, -0.15) is 0 Å². The van der Waals surface area contributed by atoms with Crippen molar-refractivity contribution in [3.05, 3.63) is 64.4 Å². The minimum atomic E-state index is -0.823. The summed E-state index contributed by atoms with van der Waals surface area (Å²) in [4.78, 5) is 3.86. The maximum absolute atomic E-state index is 13.7. The molecule has 0 amide bonds. The zero-order valence-corrected chi connectivity index (χ0v) is 9.96. The van der Waals surface area contributed by atoms with Crippen molar-refractivity contribution in [2.45, 2.75) is 6.04 Å². The number of pyridine rings is 1. The largest absolute Gasteiger partial charge is 0.271 e. The molecule has 18 heavy (non-hydrogen) atoms. The fraction of sp³-hybridized carbons (Fsp3) is 0.0833. The first-order chi connectivity index (χ1) is 8.63. The summed E-state index contributed by atoms with van der Waals surface area (Å²) in [7, 11) is 0. The summed E-state index contributed by atoms with van der Waals surface area (Å²) < 4.78 is 27.3. The van der Waals surface area contributed by atoms with Crippen LogP contribution in [0, 0.1) is 11.6 Å². The van der Waals surface area contributed by atoms with Crippen LogP contribution in [0.1, 0.15) is 17.2 Å². The smallest absolute Gasteiger partial charge is 0.131 e. The van der Waals surface area contributed by atoms with Gasteiger partial charge in [0.1, 0.15) is 16.8 Å². The van der Waals surface area contributed by atoms with E-state index in [1.807, 2.05) is 0 Å². The van der Waals surface area contributed by atoms with Crippen LogP contribution in [-0.2, 0) is 0 Å². The molecule has 1 unspecified atom stereocenters. The molecule has 1 aromatic carbocycles. The number of nitrogens with zero attached hydrogens (tertiary/aromatic N) is 1. The number of hydrazine groups is 1. The number of aromatic nitrogens is 1. The Balaban J connectivity index is 2.48. The highest BCUT2D eigenvalue weighted by Crippen LogP contribution is 2.26. The summed E-state index contributed by atoms with van der Waals surface area (Å²) in [6, 6.07) is 5.95. The molecule has 1 aromatic heterocycles. The Bertz CT molecular complexity index is 525. The van der Waals surface area contributed by atoms with Crippen molar-refractivity contribution in [1.29, 1.82) is 0 Å². The van der Waals surface area contributed by atoms with Gasteiger partial charge in [-0.1, -0.05) is 23.7 Å². The van der Waals surface area contributed by atoms with Gasteiger partial charge in [0.25, 0.3) is 0 Å². The first-order valence-corrected chi connectivity index (χ1v) is 5.52. The van der Waals surface area contributed by atoms with Crippen LogP contribution in [0.3, 0.4) is 0 Å². The molecule has 0 saturated carbocycles. The van der Waals surface area contributed by atoms with Crippen molar-refractivity contribution >= 4 is 11.6 Å². The van der Waals surface area contributed by atoms with Crippen LogP contribution in [0.15, 0.2) is 36.5 Å². The molecular formula is C12H10ClF2N3. The summed E-state index contributed by atoms with van der Waals surface area (Å²) in [5.41, 5.74) is 2.74. The van der Waals surface area contributed by atoms with Gasteiger partial charge >= 0.3 is 0 Å². The number of hydrogen-bond acceptors (Lipinski definition) is 3. The molecule has 0 aliphatic carbocycles. The highest BCUT2D eigenvalue weighted by atomic mass is 35.5. The van der Waals surface area contributed by atoms with Gasteiger partial charge in [-0.3, -0.25) is 5.84 Å². The normalized spacial score (nSPS) is 12.4. The molecule has 0 saturated heterocycles. The van der Waals surface area contributed by atoms with Crippen molar-refractivity contribution < 1.29 is 8.78 Å². The van der Waals surface area contributed by atoms with Gasteiger partial charge in [0.05, 0.1) is 6.04 Å². The third-order valence-electron chi connectivity index (χ3n) is 2.54. The molecule has 2 rings (SSSR count). The van der Waals surface area contributed by atoms with Crippen LogP contribution >= 0.6 is 11.6 Å². The van der Waals surface area contributed by atoms with E-state index < -0.39 is 17.7 Å². The molecule has 2 aromatic rings. The zero-order valence-electron chi connectivity index (χ0n) is 9.20. The quantitative estimate of drug-likeness (QED) is 0.511. The number of rotatable bonds is 3. The Hall–Kier alpha value is -1.56. The third kappa shape index (κ3) is 2.48. The Kier molecular flexibility index (Phi) is 3.86. The second-order valence-corrected chi connectivity index (χ2v) is 4.04. The zero-order chi connectivity index (χ0) is 13.1. The minimum Gasteiger partial charge on any atom is -0.271 e. The molecule has 3 nitrogen and oxygen atoms in total. The van der Waals surface area contributed by atoms with Crippen LogP contribution in [-0.4, -0.2) is 4.98 Å². The number of halogens is 3. The van der Waals surface area contributed by atoms with Crippen molar-refractivity contribution in [2.75, 3.05) is 0 Å². The lowest BCUT2D eigenvalue weighted by atomic mass is 10.00. The van der Waals surface area contributed by atoms with Crippen LogP contribution in [0.25, 0.3) is 0 Å². The lowest BCUT2D eigenvalue weighted by Gasteiger charge is -2.17. The minimum absolute atomic E-state index is 0.149. The summed E-state index contributed by atoms with van der Waals surface area (Å²) >= 11 is 5.66. The van der Waals surface area contributed by atoms with E-state index in [0.29, 0.717) is 10.7 Å². The van der Waals surface area contributed by atoms with Crippen LogP contribution in [0.2, 0.25) is 5.15 Å². The molecular weight excluding hydrogens is 260 g/mol. The van der Waals surface area contributed by atoms with Crippen LogP contribution in [0.5, 0.6) is 0 Å². The van der Waals surface area contributed by atoms with E-state index in [-0.39, 0.29) is 5.56 Å². The predicted molar refractivity (Wildman–Crippen MR) is 64.8 cm³/mol. The SMILES string of the molecule is NNC(c1ccc(Cl)nc1)c1c(F)cccc1F. The number of benzene rings is 1. The Morgan fingerprint density at radius 1 is 1.17 bits per heavy atom. The maximum atomic E-state index is 13.7. The highest BCUT2D eigenvalue weighted by Gasteiger charge is 2.20. The van der Waals surface area contributed by atoms with E-state index in [1.165, 1.54) is 30.5 Å². The lowest BCUT2D eigenvalue weighted by Crippen LogP contribution is -2.30.